The van der Waals surface area contributed by atoms with E-state index < -0.39 is 5.97 Å². The van der Waals surface area contributed by atoms with E-state index in [1.807, 2.05) is 47.8 Å². The van der Waals surface area contributed by atoms with Crippen molar-refractivity contribution in [2.45, 2.75) is 12.5 Å². The molecule has 2 aromatic carbocycles. The summed E-state index contributed by atoms with van der Waals surface area (Å²) in [6.07, 6.45) is 0.0947. The molecule has 0 spiro atoms. The van der Waals surface area contributed by atoms with Crippen LogP contribution in [-0.4, -0.2) is 18.5 Å². The van der Waals surface area contributed by atoms with Crippen molar-refractivity contribution < 1.29 is 14.3 Å². The van der Waals surface area contributed by atoms with Crippen LogP contribution in [-0.2, 0) is 20.7 Å². The lowest BCUT2D eigenvalue weighted by atomic mass is 10.1. The zero-order valence-corrected chi connectivity index (χ0v) is 16.0. The van der Waals surface area contributed by atoms with Crippen molar-refractivity contribution in [2.75, 3.05) is 6.61 Å². The highest BCUT2D eigenvalue weighted by Gasteiger charge is 2.18. The average molecular weight is 400 g/mol. The lowest BCUT2D eigenvalue weighted by Crippen LogP contribution is -2.32. The SMILES string of the molecule is O=C(COC(=O)Cc1ccc(Cl)cc1)N[C@@H](c1ccccc1)c1cccs1. The molecule has 138 valence electrons. The number of nitrogens with one attached hydrogen (secondary N) is 1. The number of carbonyl (C=O) groups is 2. The molecule has 0 bridgehead atoms. The molecule has 0 aliphatic carbocycles. The van der Waals surface area contributed by atoms with Gasteiger partial charge in [-0.3, -0.25) is 9.59 Å². The summed E-state index contributed by atoms with van der Waals surface area (Å²) in [6.45, 7) is -0.318. The van der Waals surface area contributed by atoms with Gasteiger partial charge in [0.2, 0.25) is 0 Å². The predicted octanol–water partition coefficient (Wildman–Crippen LogP) is 4.39. The normalized spacial score (nSPS) is 11.6. The summed E-state index contributed by atoms with van der Waals surface area (Å²) >= 11 is 7.39. The first-order valence-electron chi connectivity index (χ1n) is 8.39. The molecular weight excluding hydrogens is 382 g/mol. The first-order chi connectivity index (χ1) is 13.1. The van der Waals surface area contributed by atoms with E-state index in [4.69, 9.17) is 16.3 Å². The van der Waals surface area contributed by atoms with Gasteiger partial charge in [-0.05, 0) is 34.7 Å². The summed E-state index contributed by atoms with van der Waals surface area (Å²) in [5, 5.41) is 5.50. The minimum atomic E-state index is -0.458. The van der Waals surface area contributed by atoms with Crippen molar-refractivity contribution in [3.05, 3.63) is 93.1 Å². The topological polar surface area (TPSA) is 55.4 Å². The quantitative estimate of drug-likeness (QED) is 0.599. The number of esters is 1. The van der Waals surface area contributed by atoms with Gasteiger partial charge in [-0.15, -0.1) is 11.3 Å². The summed E-state index contributed by atoms with van der Waals surface area (Å²) in [6, 6.07) is 20.3. The molecule has 1 heterocycles. The lowest BCUT2D eigenvalue weighted by Gasteiger charge is -2.18. The second-order valence-electron chi connectivity index (χ2n) is 5.89. The van der Waals surface area contributed by atoms with Crippen LogP contribution in [0.5, 0.6) is 0 Å². The molecule has 6 heteroatoms. The minimum absolute atomic E-state index is 0.0947. The molecule has 0 aliphatic rings. The molecule has 0 radical (unpaired) electrons. The van der Waals surface area contributed by atoms with Crippen molar-refractivity contribution in [1.29, 1.82) is 0 Å². The maximum Gasteiger partial charge on any atom is 0.310 e. The van der Waals surface area contributed by atoms with Gasteiger partial charge in [-0.25, -0.2) is 0 Å². The molecule has 3 rings (SSSR count). The van der Waals surface area contributed by atoms with Gasteiger partial charge in [0, 0.05) is 9.90 Å². The smallest absolute Gasteiger partial charge is 0.310 e. The molecule has 0 saturated heterocycles. The van der Waals surface area contributed by atoms with Crippen LogP contribution in [0.15, 0.2) is 72.1 Å². The molecule has 1 aromatic heterocycles. The molecule has 1 atom stereocenters. The highest BCUT2D eigenvalue weighted by Crippen LogP contribution is 2.25. The maximum absolute atomic E-state index is 12.3. The molecular formula is C21H18ClNO3S. The molecule has 1 N–H and O–H groups in total. The third-order valence-electron chi connectivity index (χ3n) is 3.89. The van der Waals surface area contributed by atoms with E-state index in [-0.39, 0.29) is 25.0 Å². The van der Waals surface area contributed by atoms with Crippen LogP contribution in [0.4, 0.5) is 0 Å². The Morgan fingerprint density at radius 2 is 1.74 bits per heavy atom. The fourth-order valence-corrected chi connectivity index (χ4v) is 3.52. The zero-order chi connectivity index (χ0) is 19.1. The fourth-order valence-electron chi connectivity index (χ4n) is 2.59. The third kappa shape index (κ3) is 5.67. The molecule has 4 nitrogen and oxygen atoms in total. The number of rotatable bonds is 7. The third-order valence-corrected chi connectivity index (χ3v) is 5.08. The second-order valence-corrected chi connectivity index (χ2v) is 7.31. The van der Waals surface area contributed by atoms with Gasteiger partial charge in [0.15, 0.2) is 6.61 Å². The van der Waals surface area contributed by atoms with Gasteiger partial charge in [0.25, 0.3) is 5.91 Å². The minimum Gasteiger partial charge on any atom is -0.455 e. The number of amides is 1. The van der Waals surface area contributed by atoms with E-state index in [2.05, 4.69) is 5.32 Å². The van der Waals surface area contributed by atoms with Crippen molar-refractivity contribution in [3.63, 3.8) is 0 Å². The number of ether oxygens (including phenoxy) is 1. The molecule has 1 amide bonds. The van der Waals surface area contributed by atoms with E-state index in [9.17, 15) is 9.59 Å². The Balaban J connectivity index is 1.56. The van der Waals surface area contributed by atoms with Crippen molar-refractivity contribution in [3.8, 4) is 0 Å². The van der Waals surface area contributed by atoms with Crippen LogP contribution in [0.3, 0.4) is 0 Å². The van der Waals surface area contributed by atoms with Gasteiger partial charge in [-0.2, -0.15) is 0 Å². The Kier molecular flexibility index (Phi) is 6.63. The number of thiophene rings is 1. The van der Waals surface area contributed by atoms with Crippen LogP contribution in [0.25, 0.3) is 0 Å². The Labute approximate surface area is 166 Å². The van der Waals surface area contributed by atoms with E-state index >= 15 is 0 Å². The highest BCUT2D eigenvalue weighted by atomic mass is 35.5. The van der Waals surface area contributed by atoms with Crippen LogP contribution in [0.2, 0.25) is 5.02 Å². The lowest BCUT2D eigenvalue weighted by molar-refractivity contribution is -0.148. The van der Waals surface area contributed by atoms with Gasteiger partial charge in [-0.1, -0.05) is 60.1 Å². The van der Waals surface area contributed by atoms with Crippen molar-refractivity contribution in [1.82, 2.24) is 5.32 Å². The summed E-state index contributed by atoms with van der Waals surface area (Å²) < 4.78 is 5.11. The van der Waals surface area contributed by atoms with E-state index in [1.165, 1.54) is 0 Å². The molecule has 3 aromatic rings. The van der Waals surface area contributed by atoms with E-state index in [1.54, 1.807) is 35.6 Å². The highest BCUT2D eigenvalue weighted by molar-refractivity contribution is 7.10. The largest absolute Gasteiger partial charge is 0.455 e. The van der Waals surface area contributed by atoms with Crippen molar-refractivity contribution in [2.24, 2.45) is 0 Å². The Hall–Kier alpha value is -2.63. The number of carbonyl (C=O) groups excluding carboxylic acids is 2. The first kappa shape index (κ1) is 19.1. The van der Waals surface area contributed by atoms with Crippen LogP contribution < -0.4 is 5.32 Å². The van der Waals surface area contributed by atoms with Gasteiger partial charge >= 0.3 is 5.97 Å². The van der Waals surface area contributed by atoms with Gasteiger partial charge < -0.3 is 10.1 Å². The molecule has 0 aliphatic heterocycles. The first-order valence-corrected chi connectivity index (χ1v) is 9.65. The number of halogens is 1. The predicted molar refractivity (Wildman–Crippen MR) is 107 cm³/mol. The number of hydrogen-bond donors (Lipinski definition) is 1. The fraction of sp³-hybridized carbons (Fsp3) is 0.143. The Morgan fingerprint density at radius 3 is 2.41 bits per heavy atom. The van der Waals surface area contributed by atoms with Crippen molar-refractivity contribution >= 4 is 34.8 Å². The van der Waals surface area contributed by atoms with Crippen LogP contribution in [0.1, 0.15) is 22.0 Å². The van der Waals surface area contributed by atoms with Gasteiger partial charge in [0.05, 0.1) is 12.5 Å². The standard InChI is InChI=1S/C21H18ClNO3S/c22-17-10-8-15(9-11-17)13-20(25)26-14-19(24)23-21(18-7-4-12-27-18)16-5-2-1-3-6-16/h1-12,21H,13-14H2,(H,23,24)/t21-/m0/s1. The summed E-state index contributed by atoms with van der Waals surface area (Å²) in [5.41, 5.74) is 1.76. The molecule has 0 fully saturated rings. The van der Waals surface area contributed by atoms with Crippen LogP contribution >= 0.6 is 22.9 Å². The van der Waals surface area contributed by atoms with Crippen LogP contribution in [0, 0.1) is 0 Å². The summed E-state index contributed by atoms with van der Waals surface area (Å²) in [5.74, 6) is -0.804. The van der Waals surface area contributed by atoms with E-state index in [0.29, 0.717) is 5.02 Å². The summed E-state index contributed by atoms with van der Waals surface area (Å²) in [4.78, 5) is 25.3. The monoisotopic (exact) mass is 399 g/mol. The summed E-state index contributed by atoms with van der Waals surface area (Å²) in [7, 11) is 0. The molecule has 27 heavy (non-hydrogen) atoms. The Morgan fingerprint density at radius 1 is 1.00 bits per heavy atom. The maximum atomic E-state index is 12.3. The molecule has 0 saturated carbocycles. The second kappa shape index (κ2) is 9.35. The van der Waals surface area contributed by atoms with E-state index in [0.717, 1.165) is 16.0 Å². The van der Waals surface area contributed by atoms with Gasteiger partial charge in [0.1, 0.15) is 0 Å². The number of hydrogen-bond acceptors (Lipinski definition) is 4. The Bertz CT molecular complexity index is 880. The number of benzene rings is 2. The zero-order valence-electron chi connectivity index (χ0n) is 14.4. The molecule has 0 unspecified atom stereocenters. The average Bonchev–Trinajstić information content (AvgIpc) is 3.21.